The molecule has 0 bridgehead atoms. The van der Waals surface area contributed by atoms with Crippen molar-refractivity contribution < 1.29 is 9.59 Å². The SMILES string of the molecule is NC(=O)c1ccccc1CN=C=O. The van der Waals surface area contributed by atoms with Gasteiger partial charge in [0.15, 0.2) is 0 Å². The van der Waals surface area contributed by atoms with Crippen LogP contribution in [0.5, 0.6) is 0 Å². The first-order chi connectivity index (χ1) is 6.25. The Morgan fingerprint density at radius 1 is 1.46 bits per heavy atom. The van der Waals surface area contributed by atoms with E-state index in [1.165, 1.54) is 6.08 Å². The van der Waals surface area contributed by atoms with Crippen molar-refractivity contribution in [2.45, 2.75) is 6.54 Å². The van der Waals surface area contributed by atoms with E-state index in [9.17, 15) is 9.59 Å². The number of isocyanates is 1. The second-order valence-corrected chi connectivity index (χ2v) is 2.43. The van der Waals surface area contributed by atoms with Gasteiger partial charge in [-0.25, -0.2) is 9.79 Å². The molecule has 1 amide bonds. The molecule has 0 radical (unpaired) electrons. The molecule has 0 spiro atoms. The van der Waals surface area contributed by atoms with E-state index < -0.39 is 5.91 Å². The molecular weight excluding hydrogens is 168 g/mol. The third-order valence-corrected chi connectivity index (χ3v) is 1.60. The quantitative estimate of drug-likeness (QED) is 0.541. The summed E-state index contributed by atoms with van der Waals surface area (Å²) in [5, 5.41) is 0. The zero-order valence-electron chi connectivity index (χ0n) is 6.86. The zero-order valence-corrected chi connectivity index (χ0v) is 6.86. The maximum atomic E-state index is 10.9. The fraction of sp³-hybridized carbons (Fsp3) is 0.111. The second kappa shape index (κ2) is 4.18. The van der Waals surface area contributed by atoms with Crippen molar-refractivity contribution >= 4 is 12.0 Å². The largest absolute Gasteiger partial charge is 0.366 e. The van der Waals surface area contributed by atoms with Gasteiger partial charge in [-0.1, -0.05) is 18.2 Å². The molecule has 2 N–H and O–H groups in total. The van der Waals surface area contributed by atoms with Crippen LogP contribution in [-0.4, -0.2) is 12.0 Å². The summed E-state index contributed by atoms with van der Waals surface area (Å²) in [4.78, 5) is 24.1. The molecule has 66 valence electrons. The van der Waals surface area contributed by atoms with Crippen LogP contribution in [0.4, 0.5) is 0 Å². The van der Waals surface area contributed by atoms with Gasteiger partial charge in [0.2, 0.25) is 12.0 Å². The predicted octanol–water partition coefficient (Wildman–Crippen LogP) is 0.621. The molecule has 0 aliphatic heterocycles. The Bertz CT molecular complexity index is 368. The van der Waals surface area contributed by atoms with Crippen LogP contribution >= 0.6 is 0 Å². The lowest BCUT2D eigenvalue weighted by molar-refractivity contribution is 0.0999. The van der Waals surface area contributed by atoms with Crippen LogP contribution in [0.25, 0.3) is 0 Å². The van der Waals surface area contributed by atoms with Crippen molar-refractivity contribution in [1.82, 2.24) is 0 Å². The van der Waals surface area contributed by atoms with Gasteiger partial charge in [0.05, 0.1) is 6.54 Å². The summed E-state index contributed by atoms with van der Waals surface area (Å²) in [5.41, 5.74) is 6.13. The second-order valence-electron chi connectivity index (χ2n) is 2.43. The van der Waals surface area contributed by atoms with Gasteiger partial charge in [-0.15, -0.1) is 0 Å². The number of nitrogens with two attached hydrogens (primary N) is 1. The summed E-state index contributed by atoms with van der Waals surface area (Å²) >= 11 is 0. The first-order valence-electron chi connectivity index (χ1n) is 3.67. The molecule has 0 saturated carbocycles. The van der Waals surface area contributed by atoms with E-state index in [1.54, 1.807) is 24.3 Å². The lowest BCUT2D eigenvalue weighted by Crippen LogP contribution is -2.13. The number of hydrogen-bond acceptors (Lipinski definition) is 3. The van der Waals surface area contributed by atoms with Crippen molar-refractivity contribution in [3.8, 4) is 0 Å². The van der Waals surface area contributed by atoms with E-state index in [2.05, 4.69) is 4.99 Å². The molecule has 4 nitrogen and oxygen atoms in total. The Morgan fingerprint density at radius 2 is 2.15 bits per heavy atom. The molecule has 0 aromatic heterocycles. The number of carbonyl (C=O) groups is 1. The van der Waals surface area contributed by atoms with Crippen molar-refractivity contribution in [2.75, 3.05) is 0 Å². The Balaban J connectivity index is 3.04. The molecule has 0 unspecified atom stereocenters. The lowest BCUT2D eigenvalue weighted by atomic mass is 10.1. The Hall–Kier alpha value is -1.93. The Kier molecular flexibility index (Phi) is 2.95. The number of rotatable bonds is 3. The third kappa shape index (κ3) is 2.25. The zero-order chi connectivity index (χ0) is 9.68. The van der Waals surface area contributed by atoms with Crippen molar-refractivity contribution in [2.24, 2.45) is 10.7 Å². The summed E-state index contributed by atoms with van der Waals surface area (Å²) in [6.07, 6.45) is 1.41. The van der Waals surface area contributed by atoms with Gasteiger partial charge in [-0.05, 0) is 11.6 Å². The van der Waals surface area contributed by atoms with Crippen LogP contribution in [0.1, 0.15) is 15.9 Å². The number of nitrogens with zero attached hydrogens (tertiary/aromatic N) is 1. The fourth-order valence-corrected chi connectivity index (χ4v) is 1.02. The van der Waals surface area contributed by atoms with Crippen LogP contribution in [0.3, 0.4) is 0 Å². The minimum atomic E-state index is -0.517. The highest BCUT2D eigenvalue weighted by molar-refractivity contribution is 5.94. The minimum Gasteiger partial charge on any atom is -0.366 e. The first-order valence-corrected chi connectivity index (χ1v) is 3.67. The van der Waals surface area contributed by atoms with E-state index >= 15 is 0 Å². The summed E-state index contributed by atoms with van der Waals surface area (Å²) in [6, 6.07) is 6.75. The van der Waals surface area contributed by atoms with Gasteiger partial charge in [-0.2, -0.15) is 0 Å². The van der Waals surface area contributed by atoms with Crippen LogP contribution in [0, 0.1) is 0 Å². The van der Waals surface area contributed by atoms with Gasteiger partial charge in [0.1, 0.15) is 0 Å². The van der Waals surface area contributed by atoms with Crippen molar-refractivity contribution in [3.63, 3.8) is 0 Å². The van der Waals surface area contributed by atoms with Crippen LogP contribution < -0.4 is 5.73 Å². The minimum absolute atomic E-state index is 0.141. The molecule has 1 aromatic carbocycles. The highest BCUT2D eigenvalue weighted by Crippen LogP contribution is 2.08. The van der Waals surface area contributed by atoms with E-state index in [4.69, 9.17) is 5.73 Å². The van der Waals surface area contributed by atoms with Crippen molar-refractivity contribution in [3.05, 3.63) is 35.4 Å². The van der Waals surface area contributed by atoms with E-state index in [-0.39, 0.29) is 6.54 Å². The first kappa shape index (κ1) is 9.16. The van der Waals surface area contributed by atoms with E-state index in [0.29, 0.717) is 11.1 Å². The monoisotopic (exact) mass is 176 g/mol. The lowest BCUT2D eigenvalue weighted by Gasteiger charge is -2.00. The van der Waals surface area contributed by atoms with Gasteiger partial charge in [0, 0.05) is 5.56 Å². The summed E-state index contributed by atoms with van der Waals surface area (Å²) in [5.74, 6) is -0.517. The number of aliphatic imine (C=N–C) groups is 1. The highest BCUT2D eigenvalue weighted by atomic mass is 16.1. The molecule has 4 heteroatoms. The molecule has 0 atom stereocenters. The summed E-state index contributed by atoms with van der Waals surface area (Å²) < 4.78 is 0. The average molecular weight is 176 g/mol. The van der Waals surface area contributed by atoms with Crippen molar-refractivity contribution in [1.29, 1.82) is 0 Å². The average Bonchev–Trinajstić information content (AvgIpc) is 2.15. The molecule has 0 heterocycles. The van der Waals surface area contributed by atoms with Gasteiger partial charge in [0.25, 0.3) is 0 Å². The molecule has 1 rings (SSSR count). The normalized spacial score (nSPS) is 8.92. The molecule has 0 aliphatic rings. The van der Waals surface area contributed by atoms with Gasteiger partial charge in [-0.3, -0.25) is 4.79 Å². The van der Waals surface area contributed by atoms with Crippen LogP contribution in [0.2, 0.25) is 0 Å². The van der Waals surface area contributed by atoms with Crippen LogP contribution in [-0.2, 0) is 11.3 Å². The fourth-order valence-electron chi connectivity index (χ4n) is 1.02. The Labute approximate surface area is 75.1 Å². The maximum absolute atomic E-state index is 10.9. The molecule has 0 saturated heterocycles. The smallest absolute Gasteiger partial charge is 0.249 e. The third-order valence-electron chi connectivity index (χ3n) is 1.60. The topological polar surface area (TPSA) is 72.5 Å². The highest BCUT2D eigenvalue weighted by Gasteiger charge is 2.05. The molecule has 0 fully saturated rings. The number of primary amides is 1. The predicted molar refractivity (Wildman–Crippen MR) is 46.8 cm³/mol. The van der Waals surface area contributed by atoms with E-state index in [1.807, 2.05) is 0 Å². The summed E-state index contributed by atoms with van der Waals surface area (Å²) in [7, 11) is 0. The number of carbonyl (C=O) groups excluding carboxylic acids is 2. The molecule has 0 aliphatic carbocycles. The molecular formula is C9H8N2O2. The van der Waals surface area contributed by atoms with Gasteiger partial charge < -0.3 is 5.73 Å². The number of amides is 1. The number of benzene rings is 1. The maximum Gasteiger partial charge on any atom is 0.249 e. The Morgan fingerprint density at radius 3 is 2.77 bits per heavy atom. The summed E-state index contributed by atoms with van der Waals surface area (Å²) in [6.45, 7) is 0.141. The number of hydrogen-bond donors (Lipinski definition) is 1. The molecule has 13 heavy (non-hydrogen) atoms. The standard InChI is InChI=1S/C9H8N2O2/c10-9(13)8-4-2-1-3-7(8)5-11-6-12/h1-4H,5H2,(H2,10,13). The van der Waals surface area contributed by atoms with Crippen LogP contribution in [0.15, 0.2) is 29.3 Å². The van der Waals surface area contributed by atoms with E-state index in [0.717, 1.165) is 0 Å². The molecule has 1 aromatic rings. The van der Waals surface area contributed by atoms with Gasteiger partial charge >= 0.3 is 0 Å².